The molecule has 0 aliphatic carbocycles. The van der Waals surface area contributed by atoms with Crippen LogP contribution >= 0.6 is 0 Å². The van der Waals surface area contributed by atoms with E-state index in [0.29, 0.717) is 5.75 Å². The first-order valence-corrected chi connectivity index (χ1v) is 14.1. The van der Waals surface area contributed by atoms with E-state index in [1.54, 1.807) is 0 Å². The van der Waals surface area contributed by atoms with E-state index in [-0.39, 0.29) is 11.9 Å². The maximum Gasteiger partial charge on any atom is 0.314 e. The molecule has 2 aromatic carbocycles. The van der Waals surface area contributed by atoms with E-state index in [4.69, 9.17) is 4.74 Å². The van der Waals surface area contributed by atoms with E-state index < -0.39 is 0 Å². The molecule has 0 fully saturated rings. The monoisotopic (exact) mass is 464 g/mol. The van der Waals surface area contributed by atoms with E-state index in [2.05, 4.69) is 26.0 Å². The number of esters is 1. The summed E-state index contributed by atoms with van der Waals surface area (Å²) in [6.45, 7) is 4.52. The molecular formula is C32H48O2. The highest BCUT2D eigenvalue weighted by Crippen LogP contribution is 2.25. The number of ether oxygens (including phenoxy) is 1. The second-order valence-corrected chi connectivity index (χ2v) is 9.83. The zero-order valence-electron chi connectivity index (χ0n) is 21.9. The van der Waals surface area contributed by atoms with Crippen molar-refractivity contribution in [1.82, 2.24) is 0 Å². The molecule has 0 amide bonds. The van der Waals surface area contributed by atoms with Gasteiger partial charge in [0, 0.05) is 0 Å². The molecule has 2 nitrogen and oxygen atoms in total. The Kier molecular flexibility index (Phi) is 15.1. The van der Waals surface area contributed by atoms with E-state index in [1.807, 2.05) is 42.5 Å². The summed E-state index contributed by atoms with van der Waals surface area (Å²) in [6, 6.07) is 18.2. The fourth-order valence-electron chi connectivity index (χ4n) is 4.62. The Hall–Kier alpha value is -2.09. The second kappa shape index (κ2) is 18.3. The van der Waals surface area contributed by atoms with E-state index >= 15 is 0 Å². The van der Waals surface area contributed by atoms with Gasteiger partial charge in [-0.15, -0.1) is 0 Å². The topological polar surface area (TPSA) is 26.3 Å². The first-order chi connectivity index (χ1) is 16.7. The van der Waals surface area contributed by atoms with E-state index in [1.165, 1.54) is 82.6 Å². The van der Waals surface area contributed by atoms with Gasteiger partial charge in [-0.05, 0) is 36.1 Å². The first kappa shape index (κ1) is 28.1. The number of hydrogen-bond donors (Lipinski definition) is 0. The van der Waals surface area contributed by atoms with Crippen LogP contribution in [0.15, 0.2) is 54.6 Å². The van der Waals surface area contributed by atoms with Crippen LogP contribution in [0.5, 0.6) is 5.75 Å². The zero-order valence-corrected chi connectivity index (χ0v) is 21.9. The van der Waals surface area contributed by atoms with Crippen LogP contribution in [0, 0.1) is 5.92 Å². The maximum atomic E-state index is 13.0. The van der Waals surface area contributed by atoms with Gasteiger partial charge in [-0.25, -0.2) is 0 Å². The SMILES string of the molecule is CCCCCCCCCCC(CCCCCCCC)C(=O)Oc1ccc(-c2ccccc2)cc1. The summed E-state index contributed by atoms with van der Waals surface area (Å²) in [6.07, 6.45) is 19.9. The van der Waals surface area contributed by atoms with Crippen molar-refractivity contribution in [2.24, 2.45) is 5.92 Å². The van der Waals surface area contributed by atoms with Crippen molar-refractivity contribution in [2.75, 3.05) is 0 Å². The third kappa shape index (κ3) is 11.9. The van der Waals surface area contributed by atoms with Crippen LogP contribution in [-0.2, 0) is 4.79 Å². The van der Waals surface area contributed by atoms with Crippen molar-refractivity contribution in [1.29, 1.82) is 0 Å². The van der Waals surface area contributed by atoms with Gasteiger partial charge < -0.3 is 4.74 Å². The summed E-state index contributed by atoms with van der Waals surface area (Å²) in [5.74, 6) is 0.651. The average molecular weight is 465 g/mol. The smallest absolute Gasteiger partial charge is 0.314 e. The van der Waals surface area contributed by atoms with Gasteiger partial charge in [-0.1, -0.05) is 146 Å². The lowest BCUT2D eigenvalue weighted by atomic mass is 9.94. The van der Waals surface area contributed by atoms with Gasteiger partial charge in [-0.2, -0.15) is 0 Å². The zero-order chi connectivity index (χ0) is 24.3. The van der Waals surface area contributed by atoms with Gasteiger partial charge in [-0.3, -0.25) is 4.79 Å². The highest BCUT2D eigenvalue weighted by molar-refractivity contribution is 5.75. The number of rotatable bonds is 19. The molecule has 0 N–H and O–H groups in total. The van der Waals surface area contributed by atoms with Crippen LogP contribution in [0.2, 0.25) is 0 Å². The molecule has 0 radical (unpaired) electrons. The quantitative estimate of drug-likeness (QED) is 0.117. The van der Waals surface area contributed by atoms with Crippen molar-refractivity contribution in [3.63, 3.8) is 0 Å². The number of carbonyl (C=O) groups excluding carboxylic acids is 1. The van der Waals surface area contributed by atoms with Gasteiger partial charge in [0.2, 0.25) is 0 Å². The highest BCUT2D eigenvalue weighted by atomic mass is 16.5. The molecule has 188 valence electrons. The van der Waals surface area contributed by atoms with Crippen molar-refractivity contribution in [3.8, 4) is 16.9 Å². The van der Waals surface area contributed by atoms with Gasteiger partial charge >= 0.3 is 5.97 Å². The van der Waals surface area contributed by atoms with Gasteiger partial charge in [0.25, 0.3) is 0 Å². The lowest BCUT2D eigenvalue weighted by Crippen LogP contribution is -2.20. The average Bonchev–Trinajstić information content (AvgIpc) is 2.87. The first-order valence-electron chi connectivity index (χ1n) is 14.1. The lowest BCUT2D eigenvalue weighted by Gasteiger charge is -2.16. The molecule has 2 aromatic rings. The fraction of sp³-hybridized carbons (Fsp3) is 0.594. The number of carbonyl (C=O) groups is 1. The van der Waals surface area contributed by atoms with Crippen LogP contribution < -0.4 is 4.74 Å². The minimum absolute atomic E-state index is 0.0278. The summed E-state index contributed by atoms with van der Waals surface area (Å²) >= 11 is 0. The summed E-state index contributed by atoms with van der Waals surface area (Å²) in [5, 5.41) is 0. The fourth-order valence-corrected chi connectivity index (χ4v) is 4.62. The Morgan fingerprint density at radius 3 is 1.53 bits per heavy atom. The summed E-state index contributed by atoms with van der Waals surface area (Å²) in [4.78, 5) is 13.0. The number of hydrogen-bond acceptors (Lipinski definition) is 2. The van der Waals surface area contributed by atoms with Crippen LogP contribution in [0.4, 0.5) is 0 Å². The molecule has 34 heavy (non-hydrogen) atoms. The minimum atomic E-state index is -0.0380. The van der Waals surface area contributed by atoms with Crippen molar-refractivity contribution < 1.29 is 9.53 Å². The Labute approximate surface area is 209 Å². The molecule has 0 spiro atoms. The Morgan fingerprint density at radius 1 is 0.588 bits per heavy atom. The lowest BCUT2D eigenvalue weighted by molar-refractivity contribution is -0.139. The minimum Gasteiger partial charge on any atom is -0.426 e. The van der Waals surface area contributed by atoms with Crippen LogP contribution in [0.25, 0.3) is 11.1 Å². The summed E-state index contributed by atoms with van der Waals surface area (Å²) < 4.78 is 5.85. The predicted octanol–water partition coefficient (Wildman–Crippen LogP) is 10.2. The number of benzene rings is 2. The van der Waals surface area contributed by atoms with Gasteiger partial charge in [0.05, 0.1) is 5.92 Å². The van der Waals surface area contributed by atoms with Gasteiger partial charge in [0.15, 0.2) is 0 Å². The largest absolute Gasteiger partial charge is 0.426 e. The number of unbranched alkanes of at least 4 members (excludes halogenated alkanes) is 12. The van der Waals surface area contributed by atoms with Crippen molar-refractivity contribution in [2.45, 2.75) is 117 Å². The molecule has 0 saturated carbocycles. The highest BCUT2D eigenvalue weighted by Gasteiger charge is 2.20. The third-order valence-electron chi connectivity index (χ3n) is 6.83. The normalized spacial score (nSPS) is 11.9. The predicted molar refractivity (Wildman–Crippen MR) is 146 cm³/mol. The second-order valence-electron chi connectivity index (χ2n) is 9.83. The standard InChI is InChI=1S/C32H48O2/c1-3-5-7-9-11-12-14-17-23-30(22-16-13-10-8-6-4-2)32(33)34-31-26-24-29(25-27-31)28-20-18-15-19-21-28/h15,18-21,24-27,30H,3-14,16-17,22-23H2,1-2H3. The maximum absolute atomic E-state index is 13.0. The molecule has 1 atom stereocenters. The molecular weight excluding hydrogens is 416 g/mol. The molecule has 0 aliphatic heterocycles. The van der Waals surface area contributed by atoms with Gasteiger partial charge in [0.1, 0.15) is 5.75 Å². The molecule has 2 heteroatoms. The molecule has 0 heterocycles. The van der Waals surface area contributed by atoms with Crippen LogP contribution in [0.3, 0.4) is 0 Å². The molecule has 0 aliphatic rings. The molecule has 1 unspecified atom stereocenters. The van der Waals surface area contributed by atoms with Crippen LogP contribution in [0.1, 0.15) is 117 Å². The van der Waals surface area contributed by atoms with Crippen LogP contribution in [-0.4, -0.2) is 5.97 Å². The van der Waals surface area contributed by atoms with E-state index in [9.17, 15) is 4.79 Å². The Bertz CT molecular complexity index is 750. The third-order valence-corrected chi connectivity index (χ3v) is 6.83. The molecule has 2 rings (SSSR count). The Balaban J connectivity index is 1.81. The molecule has 0 bridgehead atoms. The molecule has 0 saturated heterocycles. The summed E-state index contributed by atoms with van der Waals surface area (Å²) in [7, 11) is 0. The summed E-state index contributed by atoms with van der Waals surface area (Å²) in [5.41, 5.74) is 2.32. The molecule has 0 aromatic heterocycles. The van der Waals surface area contributed by atoms with Crippen molar-refractivity contribution in [3.05, 3.63) is 54.6 Å². The Morgan fingerprint density at radius 2 is 1.03 bits per heavy atom. The van der Waals surface area contributed by atoms with Crippen molar-refractivity contribution >= 4 is 5.97 Å². The van der Waals surface area contributed by atoms with E-state index in [0.717, 1.165) is 31.2 Å².